The number of hydrogen-bond donors (Lipinski definition) is 0. The van der Waals surface area contributed by atoms with E-state index >= 15 is 0 Å². The number of hydrogen-bond acceptors (Lipinski definition) is 2. The molecule has 0 aliphatic rings. The van der Waals surface area contributed by atoms with Gasteiger partial charge < -0.3 is 14.1 Å². The predicted molar refractivity (Wildman–Crippen MR) is 192 cm³/mol. The Bertz CT molecular complexity index is 2570. The molecule has 0 radical (unpaired) electrons. The summed E-state index contributed by atoms with van der Waals surface area (Å²) in [6, 6.07) is 58.3. The minimum atomic E-state index is 0. The zero-order valence-electron chi connectivity index (χ0n) is 26.0. The molecule has 5 heteroatoms. The first-order chi connectivity index (χ1) is 23.2. The van der Waals surface area contributed by atoms with E-state index in [1.54, 1.807) is 0 Å². The van der Waals surface area contributed by atoms with Crippen LogP contribution in [0.1, 0.15) is 0 Å². The van der Waals surface area contributed by atoms with Crippen LogP contribution in [0.2, 0.25) is 0 Å². The molecule has 0 fully saturated rings. The standard InChI is InChI=1S/C43H28N4.Pt/c1-46-41-17-8-6-15-39(41)45-43(46)32-22-24-36-35-13-5-7-16-40(35)47(42(36)27-32)33-23-25-34(37(28-33)38-14-9-10-26-44-38)31-20-18-30(19-21-31)29-11-3-2-4-12-29;/h2-26H,1H3;/q-2;+2. The summed E-state index contributed by atoms with van der Waals surface area (Å²) in [4.78, 5) is 9.75. The van der Waals surface area contributed by atoms with Crippen LogP contribution in [0, 0.1) is 12.1 Å². The molecule has 0 bridgehead atoms. The van der Waals surface area contributed by atoms with E-state index in [1.807, 2.05) is 30.5 Å². The summed E-state index contributed by atoms with van der Waals surface area (Å²) >= 11 is 0. The molecule has 230 valence electrons. The van der Waals surface area contributed by atoms with Gasteiger partial charge in [0.2, 0.25) is 0 Å². The van der Waals surface area contributed by atoms with Gasteiger partial charge in [-0.05, 0) is 57.7 Å². The van der Waals surface area contributed by atoms with Gasteiger partial charge in [0, 0.05) is 18.8 Å². The van der Waals surface area contributed by atoms with Crippen LogP contribution in [0.3, 0.4) is 0 Å². The number of rotatable bonds is 5. The third-order valence-electron chi connectivity index (χ3n) is 9.01. The van der Waals surface area contributed by atoms with E-state index in [-0.39, 0.29) is 21.1 Å². The molecule has 0 unspecified atom stereocenters. The monoisotopic (exact) mass is 795 g/mol. The maximum Gasteiger partial charge on any atom is 2.00 e. The number of imidazole rings is 1. The van der Waals surface area contributed by atoms with Crippen LogP contribution < -0.4 is 0 Å². The van der Waals surface area contributed by atoms with Crippen molar-refractivity contribution in [3.8, 4) is 50.6 Å². The molecule has 0 aliphatic carbocycles. The molecule has 0 N–H and O–H groups in total. The summed E-state index contributed by atoms with van der Waals surface area (Å²) in [7, 11) is 2.07. The zero-order chi connectivity index (χ0) is 31.3. The SMILES string of the molecule is Cn1c(-c2[c-]c3c(cc2)c2ccccc2n3-c2[c-]c(-c3ccccn3)c(-c3ccc(-c4ccccc4)cc3)cc2)nc2ccccc21.[Pt+2]. The van der Waals surface area contributed by atoms with E-state index in [1.165, 1.54) is 16.5 Å². The van der Waals surface area contributed by atoms with Crippen molar-refractivity contribution in [3.05, 3.63) is 164 Å². The molecule has 48 heavy (non-hydrogen) atoms. The van der Waals surface area contributed by atoms with Crippen LogP contribution in [-0.4, -0.2) is 19.1 Å². The fourth-order valence-corrected chi connectivity index (χ4v) is 6.70. The molecule has 9 rings (SSSR count). The quantitative estimate of drug-likeness (QED) is 0.163. The van der Waals surface area contributed by atoms with Crippen molar-refractivity contribution < 1.29 is 21.1 Å². The normalized spacial score (nSPS) is 11.3. The largest absolute Gasteiger partial charge is 2.00 e. The van der Waals surface area contributed by atoms with Crippen LogP contribution in [0.4, 0.5) is 0 Å². The van der Waals surface area contributed by atoms with E-state index in [0.717, 1.165) is 66.9 Å². The Hall–Kier alpha value is -5.57. The molecule has 4 nitrogen and oxygen atoms in total. The molecule has 0 amide bonds. The number of nitrogens with zero attached hydrogens (tertiary/aromatic N) is 4. The van der Waals surface area contributed by atoms with Gasteiger partial charge in [-0.1, -0.05) is 114 Å². The van der Waals surface area contributed by atoms with E-state index in [9.17, 15) is 0 Å². The predicted octanol–water partition coefficient (Wildman–Crippen LogP) is 10.3. The van der Waals surface area contributed by atoms with Gasteiger partial charge >= 0.3 is 21.1 Å². The van der Waals surface area contributed by atoms with Gasteiger partial charge in [-0.2, -0.15) is 0 Å². The van der Waals surface area contributed by atoms with E-state index in [4.69, 9.17) is 9.97 Å². The summed E-state index contributed by atoms with van der Waals surface area (Å²) in [6.07, 6.45) is 1.84. The number of fused-ring (bicyclic) bond motifs is 4. The number of pyridine rings is 1. The maximum atomic E-state index is 4.98. The van der Waals surface area contributed by atoms with Crippen LogP contribution >= 0.6 is 0 Å². The van der Waals surface area contributed by atoms with E-state index in [2.05, 4.69) is 150 Å². The molecule has 9 aromatic rings. The van der Waals surface area contributed by atoms with Gasteiger partial charge in [0.05, 0.1) is 16.9 Å². The molecular weight excluding hydrogens is 768 g/mol. The summed E-state index contributed by atoms with van der Waals surface area (Å²) < 4.78 is 4.41. The topological polar surface area (TPSA) is 35.6 Å². The Kier molecular flexibility index (Phi) is 7.59. The van der Waals surface area contributed by atoms with Crippen molar-refractivity contribution in [2.45, 2.75) is 0 Å². The number of benzene rings is 6. The second-order valence-corrected chi connectivity index (χ2v) is 11.8. The first kappa shape index (κ1) is 29.8. The number of para-hydroxylation sites is 3. The Labute approximate surface area is 293 Å². The molecule has 3 heterocycles. The Morgan fingerprint density at radius 2 is 1.27 bits per heavy atom. The number of aryl methyl sites for hydroxylation is 1. The fourth-order valence-electron chi connectivity index (χ4n) is 6.70. The second kappa shape index (κ2) is 12.2. The first-order valence-electron chi connectivity index (χ1n) is 15.7. The minimum Gasteiger partial charge on any atom is -0.367 e. The van der Waals surface area contributed by atoms with Gasteiger partial charge in [0.25, 0.3) is 0 Å². The van der Waals surface area contributed by atoms with Crippen LogP contribution in [0.5, 0.6) is 0 Å². The van der Waals surface area contributed by atoms with E-state index in [0.29, 0.717) is 0 Å². The fraction of sp³-hybridized carbons (Fsp3) is 0.0233. The Morgan fingerprint density at radius 1 is 0.562 bits per heavy atom. The van der Waals surface area contributed by atoms with Crippen molar-refractivity contribution in [2.75, 3.05) is 0 Å². The van der Waals surface area contributed by atoms with Crippen LogP contribution in [0.25, 0.3) is 83.4 Å². The number of aromatic nitrogens is 4. The third-order valence-corrected chi connectivity index (χ3v) is 9.01. The molecular formula is C43H28N4Pt. The van der Waals surface area contributed by atoms with Crippen molar-refractivity contribution >= 4 is 32.8 Å². The Balaban J connectivity index is 0.00000336. The van der Waals surface area contributed by atoms with Crippen LogP contribution in [-0.2, 0) is 28.1 Å². The average molecular weight is 796 g/mol. The third kappa shape index (κ3) is 4.97. The Morgan fingerprint density at radius 3 is 2.06 bits per heavy atom. The van der Waals surface area contributed by atoms with Crippen molar-refractivity contribution in [2.24, 2.45) is 7.05 Å². The minimum absolute atomic E-state index is 0. The molecule has 0 aliphatic heterocycles. The summed E-state index contributed by atoms with van der Waals surface area (Å²) in [5, 5.41) is 2.31. The van der Waals surface area contributed by atoms with Crippen molar-refractivity contribution in [1.29, 1.82) is 0 Å². The average Bonchev–Trinajstić information content (AvgIpc) is 3.66. The second-order valence-electron chi connectivity index (χ2n) is 11.8. The zero-order valence-corrected chi connectivity index (χ0v) is 28.3. The van der Waals surface area contributed by atoms with E-state index < -0.39 is 0 Å². The summed E-state index contributed by atoms with van der Waals surface area (Å²) in [5.41, 5.74) is 12.4. The smallest absolute Gasteiger partial charge is 0.367 e. The molecule has 6 aromatic carbocycles. The van der Waals surface area contributed by atoms with Gasteiger partial charge in [-0.15, -0.1) is 47.5 Å². The van der Waals surface area contributed by atoms with Gasteiger partial charge in [-0.3, -0.25) is 4.98 Å². The molecule has 0 saturated carbocycles. The summed E-state index contributed by atoms with van der Waals surface area (Å²) in [6.45, 7) is 0. The van der Waals surface area contributed by atoms with Gasteiger partial charge in [0.15, 0.2) is 0 Å². The maximum absolute atomic E-state index is 4.98. The molecule has 0 atom stereocenters. The van der Waals surface area contributed by atoms with Crippen LogP contribution in [0.15, 0.2) is 152 Å². The van der Waals surface area contributed by atoms with Gasteiger partial charge in [0.1, 0.15) is 0 Å². The first-order valence-corrected chi connectivity index (χ1v) is 15.7. The molecule has 0 saturated heterocycles. The molecule has 0 spiro atoms. The summed E-state index contributed by atoms with van der Waals surface area (Å²) in [5.74, 6) is 0.886. The van der Waals surface area contributed by atoms with Crippen molar-refractivity contribution in [3.63, 3.8) is 0 Å². The van der Waals surface area contributed by atoms with Crippen molar-refractivity contribution in [1.82, 2.24) is 19.1 Å². The van der Waals surface area contributed by atoms with Gasteiger partial charge in [-0.25, -0.2) is 0 Å². The molecule has 3 aromatic heterocycles.